The molecule has 2 aliphatic rings. The van der Waals surface area contributed by atoms with Gasteiger partial charge >= 0.3 is 0 Å². The molecule has 0 saturated carbocycles. The Labute approximate surface area is 219 Å². The molecule has 2 saturated heterocycles. The number of amides is 1. The van der Waals surface area contributed by atoms with E-state index < -0.39 is 11.5 Å². The second-order valence-corrected chi connectivity index (χ2v) is 10.6. The summed E-state index contributed by atoms with van der Waals surface area (Å²) in [5.74, 6) is 0.491. The number of nitrogens with zero attached hydrogens (tertiary/aromatic N) is 2. The molecule has 2 fully saturated rings. The predicted octanol–water partition coefficient (Wildman–Crippen LogP) is 5.71. The summed E-state index contributed by atoms with van der Waals surface area (Å²) in [7, 11) is 0. The van der Waals surface area contributed by atoms with Gasteiger partial charge in [0.2, 0.25) is 0 Å². The van der Waals surface area contributed by atoms with E-state index in [0.717, 1.165) is 44.5 Å². The summed E-state index contributed by atoms with van der Waals surface area (Å²) < 4.78 is 35.7. The van der Waals surface area contributed by atoms with E-state index in [1.165, 1.54) is 6.07 Å². The Morgan fingerprint density at radius 1 is 1.05 bits per heavy atom. The fourth-order valence-electron chi connectivity index (χ4n) is 5.47. The molecule has 2 aromatic rings. The molecular weight excluding hydrogens is 474 g/mol. The molecule has 1 unspecified atom stereocenters. The molecule has 5 nitrogen and oxygen atoms in total. The van der Waals surface area contributed by atoms with E-state index in [1.54, 1.807) is 17.0 Å². The van der Waals surface area contributed by atoms with Crippen molar-refractivity contribution in [1.29, 1.82) is 0 Å². The topological polar surface area (TPSA) is 53.0 Å². The number of halogens is 2. The number of piperidine rings is 1. The van der Waals surface area contributed by atoms with E-state index in [-0.39, 0.29) is 18.6 Å². The Bertz CT molecular complexity index is 1030. The molecule has 1 amide bonds. The third-order valence-corrected chi connectivity index (χ3v) is 8.20. The molecule has 4 rings (SSSR count). The van der Waals surface area contributed by atoms with Crippen LogP contribution in [-0.4, -0.2) is 71.9 Å². The first-order valence-corrected chi connectivity index (χ1v) is 13.7. The van der Waals surface area contributed by atoms with Crippen LogP contribution in [0.1, 0.15) is 62.7 Å². The van der Waals surface area contributed by atoms with Crippen LogP contribution in [-0.2, 0) is 0 Å². The maximum Gasteiger partial charge on any atom is 0.254 e. The first-order chi connectivity index (χ1) is 17.9. The average Bonchev–Trinajstić information content (AvgIpc) is 3.41. The van der Waals surface area contributed by atoms with E-state index in [2.05, 4.69) is 4.90 Å². The minimum absolute atomic E-state index is 0.0718. The van der Waals surface area contributed by atoms with Crippen molar-refractivity contribution in [1.82, 2.24) is 9.80 Å². The van der Waals surface area contributed by atoms with Crippen molar-refractivity contribution in [3.8, 4) is 16.9 Å². The highest BCUT2D eigenvalue weighted by atomic mass is 19.1. The maximum absolute atomic E-state index is 15.0. The van der Waals surface area contributed by atoms with Crippen molar-refractivity contribution in [3.05, 3.63) is 53.8 Å². The summed E-state index contributed by atoms with van der Waals surface area (Å²) >= 11 is 0. The number of carbonyl (C=O) groups is 1. The average molecular weight is 515 g/mol. The van der Waals surface area contributed by atoms with Gasteiger partial charge in [-0.05, 0) is 87.4 Å². The van der Waals surface area contributed by atoms with E-state index >= 15 is 0 Å². The van der Waals surface area contributed by atoms with Gasteiger partial charge in [-0.1, -0.05) is 32.0 Å². The normalized spacial score (nSPS) is 19.4. The van der Waals surface area contributed by atoms with Gasteiger partial charge in [0.15, 0.2) is 0 Å². The zero-order valence-corrected chi connectivity index (χ0v) is 22.1. The number of aliphatic hydroxyl groups excluding tert-OH is 1. The molecule has 1 atom stereocenters. The van der Waals surface area contributed by atoms with Crippen LogP contribution in [0.3, 0.4) is 0 Å². The van der Waals surface area contributed by atoms with Gasteiger partial charge in [-0.15, -0.1) is 0 Å². The van der Waals surface area contributed by atoms with E-state index in [9.17, 15) is 18.7 Å². The highest BCUT2D eigenvalue weighted by Gasteiger charge is 2.31. The predicted molar refractivity (Wildman–Crippen MR) is 142 cm³/mol. The zero-order chi connectivity index (χ0) is 26.4. The third kappa shape index (κ3) is 6.68. The fourth-order valence-corrected chi connectivity index (χ4v) is 5.47. The summed E-state index contributed by atoms with van der Waals surface area (Å²) in [5, 5.41) is 9.49. The Kier molecular flexibility index (Phi) is 9.19. The highest BCUT2D eigenvalue weighted by molar-refractivity contribution is 5.95. The molecule has 0 radical (unpaired) electrons. The molecule has 37 heavy (non-hydrogen) atoms. The van der Waals surface area contributed by atoms with Gasteiger partial charge in [0, 0.05) is 24.2 Å². The monoisotopic (exact) mass is 514 g/mol. The Balaban J connectivity index is 1.29. The van der Waals surface area contributed by atoms with Gasteiger partial charge in [0.25, 0.3) is 5.91 Å². The molecule has 0 bridgehead atoms. The molecule has 0 aromatic heterocycles. The molecule has 1 N–H and O–H groups in total. The van der Waals surface area contributed by atoms with Crippen molar-refractivity contribution >= 4 is 5.91 Å². The van der Waals surface area contributed by atoms with E-state index in [0.29, 0.717) is 55.1 Å². The largest absolute Gasteiger partial charge is 0.493 e. The van der Waals surface area contributed by atoms with Gasteiger partial charge < -0.3 is 19.6 Å². The van der Waals surface area contributed by atoms with Crippen LogP contribution in [0.25, 0.3) is 11.1 Å². The molecule has 0 aliphatic carbocycles. The lowest BCUT2D eigenvalue weighted by Crippen LogP contribution is -2.44. The Morgan fingerprint density at radius 3 is 2.38 bits per heavy atom. The number of benzene rings is 2. The number of hydrogen-bond donors (Lipinski definition) is 1. The summed E-state index contributed by atoms with van der Waals surface area (Å²) in [6.45, 7) is 7.28. The van der Waals surface area contributed by atoms with Gasteiger partial charge in [-0.3, -0.25) is 4.79 Å². The minimum Gasteiger partial charge on any atom is -0.493 e. The number of ether oxygens (including phenoxy) is 1. The fraction of sp³-hybridized carbons (Fsp3) is 0.567. The highest BCUT2D eigenvalue weighted by Crippen LogP contribution is 2.29. The molecule has 2 aliphatic heterocycles. The quantitative estimate of drug-likeness (QED) is 0.441. The zero-order valence-electron chi connectivity index (χ0n) is 22.1. The standard InChI is InChI=1S/C30H40F2N2O3/c1-3-30(32,4-2)21-33-16-13-22(14-17-33)20-37-26-10-7-23(8-11-26)27-12-9-24(18-28(27)31)29(36)34-15-5-6-25(34)19-35/h7-12,18,22,25,35H,3-6,13-17,19-21H2,1-2H3. The van der Waals surface area contributed by atoms with Crippen molar-refractivity contribution in [2.45, 2.75) is 64.1 Å². The lowest BCUT2D eigenvalue weighted by Gasteiger charge is -2.36. The lowest BCUT2D eigenvalue weighted by molar-refractivity contribution is 0.0568. The van der Waals surface area contributed by atoms with Crippen molar-refractivity contribution in [2.75, 3.05) is 39.4 Å². The number of alkyl halides is 1. The maximum atomic E-state index is 15.0. The minimum atomic E-state index is -1.09. The van der Waals surface area contributed by atoms with Crippen LogP contribution < -0.4 is 4.74 Å². The number of likely N-dealkylation sites (tertiary alicyclic amines) is 2. The third-order valence-electron chi connectivity index (χ3n) is 8.20. The Morgan fingerprint density at radius 2 is 1.76 bits per heavy atom. The first kappa shape index (κ1) is 27.5. The number of carbonyl (C=O) groups excluding carboxylic acids is 1. The lowest BCUT2D eigenvalue weighted by atomic mass is 9.94. The number of rotatable bonds is 10. The summed E-state index contributed by atoms with van der Waals surface area (Å²) in [6.07, 6.45) is 4.72. The van der Waals surface area contributed by atoms with Crippen LogP contribution in [0.15, 0.2) is 42.5 Å². The second-order valence-electron chi connectivity index (χ2n) is 10.6. The summed E-state index contributed by atoms with van der Waals surface area (Å²) in [5.41, 5.74) is 0.359. The summed E-state index contributed by atoms with van der Waals surface area (Å²) in [4.78, 5) is 16.7. The van der Waals surface area contributed by atoms with Gasteiger partial charge in [-0.2, -0.15) is 0 Å². The van der Waals surface area contributed by atoms with E-state index in [1.807, 2.05) is 38.1 Å². The smallest absolute Gasteiger partial charge is 0.254 e. The van der Waals surface area contributed by atoms with Crippen LogP contribution >= 0.6 is 0 Å². The molecule has 2 aromatic carbocycles. The molecule has 2 heterocycles. The van der Waals surface area contributed by atoms with Gasteiger partial charge in [0.1, 0.15) is 17.2 Å². The van der Waals surface area contributed by atoms with Gasteiger partial charge in [-0.25, -0.2) is 8.78 Å². The van der Waals surface area contributed by atoms with Gasteiger partial charge in [0.05, 0.1) is 19.3 Å². The second kappa shape index (κ2) is 12.4. The van der Waals surface area contributed by atoms with Crippen LogP contribution in [0.5, 0.6) is 5.75 Å². The Hall–Kier alpha value is -2.51. The molecule has 202 valence electrons. The molecular formula is C30H40F2N2O3. The molecule has 0 spiro atoms. The van der Waals surface area contributed by atoms with Crippen molar-refractivity contribution in [3.63, 3.8) is 0 Å². The number of aliphatic hydroxyl groups is 1. The van der Waals surface area contributed by atoms with E-state index in [4.69, 9.17) is 4.74 Å². The molecule has 7 heteroatoms. The summed E-state index contributed by atoms with van der Waals surface area (Å²) in [6, 6.07) is 11.7. The first-order valence-electron chi connectivity index (χ1n) is 13.7. The SMILES string of the molecule is CCC(F)(CC)CN1CCC(COc2ccc(-c3ccc(C(=O)N4CCCC4CO)cc3F)cc2)CC1. The van der Waals surface area contributed by atoms with Crippen LogP contribution in [0.2, 0.25) is 0 Å². The van der Waals surface area contributed by atoms with Crippen LogP contribution in [0, 0.1) is 11.7 Å². The van der Waals surface area contributed by atoms with Crippen molar-refractivity contribution < 1.29 is 23.4 Å². The van der Waals surface area contributed by atoms with Crippen LogP contribution in [0.4, 0.5) is 8.78 Å². The number of hydrogen-bond acceptors (Lipinski definition) is 4. The van der Waals surface area contributed by atoms with Crippen molar-refractivity contribution in [2.24, 2.45) is 5.92 Å².